The number of methoxy groups -OCH3 is 1. The Morgan fingerprint density at radius 2 is 1.97 bits per heavy atom. The van der Waals surface area contributed by atoms with Gasteiger partial charge < -0.3 is 10.1 Å². The van der Waals surface area contributed by atoms with E-state index < -0.39 is 34.1 Å². The summed E-state index contributed by atoms with van der Waals surface area (Å²) in [6.45, 7) is 2.53. The van der Waals surface area contributed by atoms with E-state index in [2.05, 4.69) is 10.2 Å². The molecule has 2 aromatic rings. The molecule has 0 saturated carbocycles. The number of nitro benzene ring substituents is 1. The van der Waals surface area contributed by atoms with Crippen LogP contribution in [-0.4, -0.2) is 47.2 Å². The molecule has 34 heavy (non-hydrogen) atoms. The molecule has 3 saturated heterocycles. The van der Waals surface area contributed by atoms with Gasteiger partial charge >= 0.3 is 0 Å². The minimum atomic E-state index is -1.26. The summed E-state index contributed by atoms with van der Waals surface area (Å²) >= 11 is 0. The maximum absolute atomic E-state index is 14.0. The zero-order valence-electron chi connectivity index (χ0n) is 18.6. The minimum absolute atomic E-state index is 0.0559. The molecule has 174 valence electrons. The van der Waals surface area contributed by atoms with Crippen LogP contribution in [0.2, 0.25) is 0 Å². The van der Waals surface area contributed by atoms with Crippen molar-refractivity contribution in [2.24, 2.45) is 11.8 Å². The highest BCUT2D eigenvalue weighted by Gasteiger charge is 2.74. The molecule has 0 aliphatic carbocycles. The van der Waals surface area contributed by atoms with Gasteiger partial charge in [-0.2, -0.15) is 0 Å². The number of hydrogen-bond donors (Lipinski definition) is 1. The van der Waals surface area contributed by atoms with Gasteiger partial charge in [0.05, 0.1) is 35.6 Å². The van der Waals surface area contributed by atoms with Gasteiger partial charge in [0.2, 0.25) is 17.7 Å². The molecule has 4 atom stereocenters. The molecule has 4 aliphatic heterocycles. The number of amides is 3. The summed E-state index contributed by atoms with van der Waals surface area (Å²) in [5, 5.41) is 14.2. The number of hydrogen-bond acceptors (Lipinski definition) is 7. The van der Waals surface area contributed by atoms with Crippen LogP contribution in [-0.2, 0) is 19.9 Å². The average Bonchev–Trinajstić information content (AvgIpc) is 3.52. The predicted octanol–water partition coefficient (Wildman–Crippen LogP) is 2.34. The second-order valence-corrected chi connectivity index (χ2v) is 9.25. The Kier molecular flexibility index (Phi) is 4.20. The van der Waals surface area contributed by atoms with Crippen LogP contribution in [0.25, 0.3) is 0 Å². The molecular weight excluding hydrogens is 440 g/mol. The van der Waals surface area contributed by atoms with Crippen LogP contribution >= 0.6 is 0 Å². The van der Waals surface area contributed by atoms with Gasteiger partial charge in [-0.1, -0.05) is 18.2 Å². The van der Waals surface area contributed by atoms with Gasteiger partial charge in [-0.3, -0.25) is 29.4 Å². The molecule has 0 unspecified atom stereocenters. The molecule has 3 amide bonds. The summed E-state index contributed by atoms with van der Waals surface area (Å²) in [6, 6.07) is 9.19. The number of rotatable bonds is 3. The average molecular weight is 462 g/mol. The lowest BCUT2D eigenvalue weighted by atomic mass is 9.75. The highest BCUT2D eigenvalue weighted by Crippen LogP contribution is 2.61. The summed E-state index contributed by atoms with van der Waals surface area (Å²) in [6.07, 6.45) is 1.54. The molecule has 3 fully saturated rings. The molecule has 6 rings (SSSR count). The van der Waals surface area contributed by atoms with E-state index in [0.29, 0.717) is 18.7 Å². The standard InChI is InChI=1S/C24H22N4O6/c1-12-5-3-6-14-20(12)25-23(31)24(14)19-18(16-7-4-10-26(16)24)21(29)27(22(19)30)15-9-8-13(28(32)33)11-17(15)34-2/h3,5-6,8-9,11,16,18-19H,4,7,10H2,1-2H3,(H,25,31)/t16-,18+,19+,24-/m0/s1. The lowest BCUT2D eigenvalue weighted by molar-refractivity contribution is -0.384. The molecule has 1 N–H and O–H groups in total. The van der Waals surface area contributed by atoms with Crippen LogP contribution in [0.15, 0.2) is 36.4 Å². The van der Waals surface area contributed by atoms with Crippen molar-refractivity contribution in [1.29, 1.82) is 0 Å². The smallest absolute Gasteiger partial charge is 0.273 e. The molecule has 0 radical (unpaired) electrons. The molecule has 0 aromatic heterocycles. The number of carbonyl (C=O) groups excluding carboxylic acids is 3. The Hall–Kier alpha value is -3.79. The van der Waals surface area contributed by atoms with Crippen molar-refractivity contribution in [3.05, 3.63) is 57.6 Å². The number of imide groups is 1. The van der Waals surface area contributed by atoms with Crippen LogP contribution in [0.5, 0.6) is 5.75 Å². The molecule has 2 aromatic carbocycles. The van der Waals surface area contributed by atoms with E-state index in [1.807, 2.05) is 25.1 Å². The Labute approximate surface area is 194 Å². The first kappa shape index (κ1) is 20.8. The summed E-state index contributed by atoms with van der Waals surface area (Å²) < 4.78 is 5.32. The van der Waals surface area contributed by atoms with E-state index in [-0.39, 0.29) is 29.1 Å². The van der Waals surface area contributed by atoms with Crippen molar-refractivity contribution < 1.29 is 24.0 Å². The molecule has 1 spiro atoms. The van der Waals surface area contributed by atoms with E-state index in [1.165, 1.54) is 25.3 Å². The first-order chi connectivity index (χ1) is 16.3. The topological polar surface area (TPSA) is 122 Å². The third-order valence-corrected chi connectivity index (χ3v) is 7.85. The molecule has 4 heterocycles. The van der Waals surface area contributed by atoms with Crippen LogP contribution in [0.1, 0.15) is 24.0 Å². The zero-order valence-corrected chi connectivity index (χ0v) is 18.6. The summed E-state index contributed by atoms with van der Waals surface area (Å²) in [5.74, 6) is -2.69. The molecule has 4 aliphatic rings. The van der Waals surface area contributed by atoms with E-state index in [1.54, 1.807) is 0 Å². The SMILES string of the molecule is COc1cc([N+](=O)[O-])ccc1N1C(=O)[C@@H]2[C@@H]3CCCN3[C@]3(C(=O)Nc4c(C)cccc43)[C@H]2C1=O. The first-order valence-corrected chi connectivity index (χ1v) is 11.2. The second kappa shape index (κ2) is 6.86. The summed E-state index contributed by atoms with van der Waals surface area (Å²) in [4.78, 5) is 55.3. The van der Waals surface area contributed by atoms with Crippen molar-refractivity contribution in [3.8, 4) is 5.75 Å². The monoisotopic (exact) mass is 462 g/mol. The quantitative estimate of drug-likeness (QED) is 0.422. The van der Waals surface area contributed by atoms with Crippen LogP contribution in [0.3, 0.4) is 0 Å². The number of para-hydroxylation sites is 1. The normalized spacial score (nSPS) is 29.4. The Morgan fingerprint density at radius 3 is 2.71 bits per heavy atom. The van der Waals surface area contributed by atoms with Crippen LogP contribution in [0, 0.1) is 28.9 Å². The van der Waals surface area contributed by atoms with Gasteiger partial charge in [-0.25, -0.2) is 4.90 Å². The Bertz CT molecular complexity index is 1310. The number of nitrogens with zero attached hydrogens (tertiary/aromatic N) is 3. The van der Waals surface area contributed by atoms with Gasteiger partial charge in [-0.15, -0.1) is 0 Å². The number of fused-ring (bicyclic) bond motifs is 7. The molecule has 10 nitrogen and oxygen atoms in total. The zero-order chi connectivity index (χ0) is 23.9. The summed E-state index contributed by atoms with van der Waals surface area (Å²) in [7, 11) is 1.33. The fourth-order valence-electron chi connectivity index (χ4n) is 6.58. The third kappa shape index (κ3) is 2.30. The van der Waals surface area contributed by atoms with Gasteiger partial charge in [0, 0.05) is 23.4 Å². The van der Waals surface area contributed by atoms with Gasteiger partial charge in [0.1, 0.15) is 11.3 Å². The lowest BCUT2D eigenvalue weighted by Gasteiger charge is -2.36. The van der Waals surface area contributed by atoms with Crippen molar-refractivity contribution in [3.63, 3.8) is 0 Å². The minimum Gasteiger partial charge on any atom is -0.494 e. The fraction of sp³-hybridized carbons (Fsp3) is 0.375. The Morgan fingerprint density at radius 1 is 1.18 bits per heavy atom. The van der Waals surface area contributed by atoms with Gasteiger partial charge in [0.15, 0.2) is 0 Å². The highest BCUT2D eigenvalue weighted by molar-refractivity contribution is 6.26. The molecular formula is C24H22N4O6. The van der Waals surface area contributed by atoms with Gasteiger partial charge in [-0.05, 0) is 37.9 Å². The predicted molar refractivity (Wildman–Crippen MR) is 120 cm³/mol. The number of nitrogens with one attached hydrogen (secondary N) is 1. The van der Waals surface area contributed by atoms with Crippen LogP contribution < -0.4 is 15.0 Å². The van der Waals surface area contributed by atoms with Crippen molar-refractivity contribution in [2.75, 3.05) is 23.9 Å². The highest BCUT2D eigenvalue weighted by atomic mass is 16.6. The van der Waals surface area contributed by atoms with E-state index >= 15 is 0 Å². The fourth-order valence-corrected chi connectivity index (χ4v) is 6.58. The maximum Gasteiger partial charge on any atom is 0.273 e. The third-order valence-electron chi connectivity index (χ3n) is 7.85. The largest absolute Gasteiger partial charge is 0.494 e. The van der Waals surface area contributed by atoms with Gasteiger partial charge in [0.25, 0.3) is 5.69 Å². The summed E-state index contributed by atoms with van der Waals surface area (Å²) in [5.41, 5.74) is 1.01. The molecule has 0 bridgehead atoms. The van der Waals surface area contributed by atoms with Crippen LogP contribution in [0.4, 0.5) is 17.1 Å². The van der Waals surface area contributed by atoms with Crippen molar-refractivity contribution >= 4 is 34.8 Å². The number of nitro groups is 1. The number of ether oxygens (including phenoxy) is 1. The Balaban J connectivity index is 1.53. The number of non-ortho nitro benzene ring substituents is 1. The van der Waals surface area contributed by atoms with E-state index in [9.17, 15) is 24.5 Å². The van der Waals surface area contributed by atoms with Crippen molar-refractivity contribution in [2.45, 2.75) is 31.3 Å². The lowest BCUT2D eigenvalue weighted by Crippen LogP contribution is -2.54. The second-order valence-electron chi connectivity index (χ2n) is 9.25. The number of aryl methyl sites for hydroxylation is 1. The van der Waals surface area contributed by atoms with Crippen molar-refractivity contribution in [1.82, 2.24) is 4.90 Å². The van der Waals surface area contributed by atoms with E-state index in [0.717, 1.165) is 22.4 Å². The number of carbonyl (C=O) groups is 3. The number of benzene rings is 2. The first-order valence-electron chi connectivity index (χ1n) is 11.2. The number of anilines is 2. The molecule has 10 heteroatoms. The van der Waals surface area contributed by atoms with E-state index in [4.69, 9.17) is 4.74 Å². The maximum atomic E-state index is 14.0.